The van der Waals surface area contributed by atoms with E-state index in [1.165, 1.54) is 30.4 Å². The molecule has 172 valence electrons. The first-order valence-electron chi connectivity index (χ1n) is 11.9. The van der Waals surface area contributed by atoms with Crippen LogP contribution in [0, 0.1) is 0 Å². The van der Waals surface area contributed by atoms with E-state index in [-0.39, 0.29) is 5.41 Å². The highest BCUT2D eigenvalue weighted by molar-refractivity contribution is 5.60. The van der Waals surface area contributed by atoms with E-state index in [4.69, 9.17) is 9.47 Å². The first-order chi connectivity index (χ1) is 16.8. The Bertz CT molecular complexity index is 1190. The summed E-state index contributed by atoms with van der Waals surface area (Å²) in [5.74, 6) is 1.39. The molecule has 0 saturated heterocycles. The van der Waals surface area contributed by atoms with E-state index in [2.05, 4.69) is 63.7 Å². The summed E-state index contributed by atoms with van der Waals surface area (Å²) in [6.07, 6.45) is 7.88. The largest absolute Gasteiger partial charge is 0.487 e. The maximum atomic E-state index is 5.97. The van der Waals surface area contributed by atoms with Gasteiger partial charge in [-0.3, -0.25) is 4.98 Å². The lowest BCUT2D eigenvalue weighted by Crippen LogP contribution is -2.30. The number of benzene rings is 2. The van der Waals surface area contributed by atoms with E-state index in [9.17, 15) is 0 Å². The smallest absolute Gasteiger partial charge is 0.233 e. The fraction of sp³-hybridized carbons (Fsp3) is 0.276. The van der Waals surface area contributed by atoms with Crippen molar-refractivity contribution in [3.63, 3.8) is 0 Å². The van der Waals surface area contributed by atoms with Crippen LogP contribution in [0.1, 0.15) is 48.9 Å². The molecule has 0 amide bonds. The Labute approximate surface area is 200 Å². The summed E-state index contributed by atoms with van der Waals surface area (Å²) in [4.78, 5) is 4.33. The van der Waals surface area contributed by atoms with Crippen molar-refractivity contribution in [2.45, 2.75) is 44.1 Å². The molecule has 0 radical (unpaired) electrons. The molecule has 1 saturated carbocycles. The third-order valence-electron chi connectivity index (χ3n) is 6.81. The van der Waals surface area contributed by atoms with Gasteiger partial charge in [0, 0.05) is 23.2 Å². The summed E-state index contributed by atoms with van der Waals surface area (Å²) in [5.41, 5.74) is 5.58. The third-order valence-corrected chi connectivity index (χ3v) is 6.81. The van der Waals surface area contributed by atoms with Gasteiger partial charge >= 0.3 is 0 Å². The van der Waals surface area contributed by atoms with Crippen LogP contribution in [0.15, 0.2) is 85.1 Å². The molecule has 0 atom stereocenters. The van der Waals surface area contributed by atoms with Gasteiger partial charge in [0.25, 0.3) is 0 Å². The van der Waals surface area contributed by atoms with Crippen molar-refractivity contribution in [3.05, 3.63) is 102 Å². The van der Waals surface area contributed by atoms with Gasteiger partial charge in [-0.1, -0.05) is 61.7 Å². The quantitative estimate of drug-likeness (QED) is 0.326. The average molecular weight is 452 g/mol. The molecule has 0 N–H and O–H groups in total. The zero-order valence-corrected chi connectivity index (χ0v) is 19.5. The number of pyridine rings is 1. The minimum absolute atomic E-state index is 0.0296. The predicted octanol–water partition coefficient (Wildman–Crippen LogP) is 6.38. The van der Waals surface area contributed by atoms with E-state index in [0.29, 0.717) is 12.5 Å². The molecule has 4 aromatic rings. The zero-order chi connectivity index (χ0) is 23.2. The molecule has 0 unspecified atom stereocenters. The first kappa shape index (κ1) is 22.1. The van der Waals surface area contributed by atoms with E-state index in [1.54, 1.807) is 13.3 Å². The summed E-state index contributed by atoms with van der Waals surface area (Å²) in [6.45, 7) is 0.473. The Hall–Kier alpha value is -3.73. The molecule has 34 heavy (non-hydrogen) atoms. The summed E-state index contributed by atoms with van der Waals surface area (Å²) in [6, 6.07) is 27.2. The molecule has 2 aromatic carbocycles. The molecule has 1 aliphatic rings. The Balaban J connectivity index is 1.38. The minimum Gasteiger partial charge on any atom is -0.487 e. The maximum Gasteiger partial charge on any atom is 0.233 e. The first-order valence-corrected chi connectivity index (χ1v) is 11.9. The number of rotatable bonds is 7. The molecule has 5 nitrogen and oxygen atoms in total. The van der Waals surface area contributed by atoms with Crippen LogP contribution < -0.4 is 9.47 Å². The van der Waals surface area contributed by atoms with Gasteiger partial charge in [0.15, 0.2) is 0 Å². The molecular formula is C29H29N3O2. The Morgan fingerprint density at radius 3 is 2.12 bits per heavy atom. The lowest BCUT2D eigenvalue weighted by molar-refractivity contribution is 0.300. The number of ether oxygens (including phenoxy) is 2. The zero-order valence-electron chi connectivity index (χ0n) is 19.5. The van der Waals surface area contributed by atoms with Crippen molar-refractivity contribution in [3.8, 4) is 22.9 Å². The molecule has 5 heteroatoms. The van der Waals surface area contributed by atoms with Gasteiger partial charge in [-0.15, -0.1) is 10.2 Å². The maximum absolute atomic E-state index is 5.97. The highest BCUT2D eigenvalue weighted by Gasteiger charge is 2.35. The molecule has 2 aromatic heterocycles. The van der Waals surface area contributed by atoms with Gasteiger partial charge < -0.3 is 9.47 Å². The second-order valence-electron chi connectivity index (χ2n) is 8.82. The molecule has 0 aliphatic heterocycles. The highest BCUT2D eigenvalue weighted by Crippen LogP contribution is 2.45. The SMILES string of the molecule is COc1ccc(-c2ccc(C3(c4ccc(OCc5ccccn5)cc4)CCCCC3)cc2)nn1. The van der Waals surface area contributed by atoms with Gasteiger partial charge in [-0.2, -0.15) is 0 Å². The number of nitrogens with zero attached hydrogens (tertiary/aromatic N) is 3. The summed E-state index contributed by atoms with van der Waals surface area (Å²) < 4.78 is 11.1. The van der Waals surface area contributed by atoms with Gasteiger partial charge in [0.2, 0.25) is 5.88 Å². The van der Waals surface area contributed by atoms with E-state index < -0.39 is 0 Å². The van der Waals surface area contributed by atoms with Crippen molar-refractivity contribution in [1.29, 1.82) is 0 Å². The van der Waals surface area contributed by atoms with Crippen molar-refractivity contribution in [1.82, 2.24) is 15.2 Å². The Morgan fingerprint density at radius 2 is 1.50 bits per heavy atom. The van der Waals surface area contributed by atoms with Crippen molar-refractivity contribution < 1.29 is 9.47 Å². The molecule has 1 fully saturated rings. The standard InChI is InChI=1S/C29H29N3O2/c1-33-28-17-16-27(31-32-28)22-8-10-23(11-9-22)29(18-4-2-5-19-29)24-12-14-26(15-13-24)34-21-25-7-3-6-20-30-25/h3,6-17,20H,2,4-5,18-19,21H2,1H3. The van der Waals surface area contributed by atoms with E-state index >= 15 is 0 Å². The molecule has 0 bridgehead atoms. The summed E-state index contributed by atoms with van der Waals surface area (Å²) >= 11 is 0. The lowest BCUT2D eigenvalue weighted by atomic mass is 9.65. The summed E-state index contributed by atoms with van der Waals surface area (Å²) in [7, 11) is 1.60. The fourth-order valence-corrected chi connectivity index (χ4v) is 4.95. The Kier molecular flexibility index (Phi) is 6.52. The van der Waals surface area contributed by atoms with E-state index in [1.807, 2.05) is 30.3 Å². The van der Waals surface area contributed by atoms with Gasteiger partial charge in [-0.05, 0) is 54.3 Å². The van der Waals surface area contributed by atoms with Crippen LogP contribution in [0.25, 0.3) is 11.3 Å². The number of hydrogen-bond donors (Lipinski definition) is 0. The number of methoxy groups -OCH3 is 1. The monoisotopic (exact) mass is 451 g/mol. The number of hydrogen-bond acceptors (Lipinski definition) is 5. The van der Waals surface area contributed by atoms with Crippen LogP contribution in [0.4, 0.5) is 0 Å². The van der Waals surface area contributed by atoms with Crippen LogP contribution in [-0.4, -0.2) is 22.3 Å². The normalized spacial score (nSPS) is 15.0. The molecule has 0 spiro atoms. The lowest BCUT2D eigenvalue weighted by Gasteiger charge is -2.39. The van der Waals surface area contributed by atoms with E-state index in [0.717, 1.165) is 35.5 Å². The van der Waals surface area contributed by atoms with Gasteiger partial charge in [0.05, 0.1) is 18.5 Å². The van der Waals surface area contributed by atoms with Crippen LogP contribution >= 0.6 is 0 Å². The second-order valence-corrected chi connectivity index (χ2v) is 8.82. The van der Waals surface area contributed by atoms with Gasteiger partial charge in [0.1, 0.15) is 12.4 Å². The predicted molar refractivity (Wildman–Crippen MR) is 133 cm³/mol. The topological polar surface area (TPSA) is 57.1 Å². The van der Waals surface area contributed by atoms with Gasteiger partial charge in [-0.25, -0.2) is 0 Å². The highest BCUT2D eigenvalue weighted by atomic mass is 16.5. The average Bonchev–Trinajstić information content (AvgIpc) is 2.93. The minimum atomic E-state index is 0.0296. The number of aromatic nitrogens is 3. The third kappa shape index (κ3) is 4.65. The molecular weight excluding hydrogens is 422 g/mol. The van der Waals surface area contributed by atoms with Crippen molar-refractivity contribution >= 4 is 0 Å². The van der Waals surface area contributed by atoms with Crippen molar-refractivity contribution in [2.75, 3.05) is 7.11 Å². The van der Waals surface area contributed by atoms with Crippen molar-refractivity contribution in [2.24, 2.45) is 0 Å². The molecule has 5 rings (SSSR count). The van der Waals surface area contributed by atoms with Crippen LogP contribution in [0.2, 0.25) is 0 Å². The van der Waals surface area contributed by atoms with Crippen LogP contribution in [0.3, 0.4) is 0 Å². The Morgan fingerprint density at radius 1 is 0.765 bits per heavy atom. The fourth-order valence-electron chi connectivity index (χ4n) is 4.95. The second kappa shape index (κ2) is 10.0. The van der Waals surface area contributed by atoms with Crippen LogP contribution in [0.5, 0.6) is 11.6 Å². The van der Waals surface area contributed by atoms with Crippen LogP contribution in [-0.2, 0) is 12.0 Å². The molecule has 1 aliphatic carbocycles. The summed E-state index contributed by atoms with van der Waals surface area (Å²) in [5, 5.41) is 8.39. The molecule has 2 heterocycles.